The minimum atomic E-state index is -0.422. The lowest BCUT2D eigenvalue weighted by atomic mass is 10.1. The van der Waals surface area contributed by atoms with E-state index in [4.69, 9.17) is 16.0 Å². The third-order valence-corrected chi connectivity index (χ3v) is 6.74. The van der Waals surface area contributed by atoms with Gasteiger partial charge in [0, 0.05) is 37.3 Å². The zero-order valence-electron chi connectivity index (χ0n) is 17.8. The van der Waals surface area contributed by atoms with Gasteiger partial charge in [0.15, 0.2) is 5.16 Å². The number of carbonyl (C=O) groups excluding carboxylic acids is 1. The average Bonchev–Trinajstić information content (AvgIpc) is 3.45. The highest BCUT2D eigenvalue weighted by Gasteiger charge is 2.22. The Labute approximate surface area is 195 Å². The van der Waals surface area contributed by atoms with Crippen molar-refractivity contribution in [3.8, 4) is 0 Å². The molecular formula is C22H25ClFN5O2S. The van der Waals surface area contributed by atoms with Crippen molar-refractivity contribution in [2.75, 3.05) is 30.8 Å². The van der Waals surface area contributed by atoms with E-state index in [9.17, 15) is 9.18 Å². The largest absolute Gasteiger partial charge is 0.467 e. The molecule has 0 unspecified atom stereocenters. The fraction of sp³-hybridized carbons (Fsp3) is 0.409. The van der Waals surface area contributed by atoms with Gasteiger partial charge in [-0.2, -0.15) is 0 Å². The molecule has 4 rings (SSSR count). The van der Waals surface area contributed by atoms with E-state index in [-0.39, 0.29) is 18.2 Å². The van der Waals surface area contributed by atoms with Crippen LogP contribution in [0.4, 0.5) is 10.3 Å². The number of benzene rings is 1. The maximum Gasteiger partial charge on any atom is 0.233 e. The number of aromatic nitrogens is 3. The molecule has 0 spiro atoms. The number of hydrogen-bond donors (Lipinski definition) is 0. The van der Waals surface area contributed by atoms with Crippen molar-refractivity contribution >= 4 is 35.2 Å². The molecule has 1 aliphatic rings. The smallest absolute Gasteiger partial charge is 0.233 e. The summed E-state index contributed by atoms with van der Waals surface area (Å²) in [7, 11) is 1.64. The Kier molecular flexibility index (Phi) is 7.36. The predicted molar refractivity (Wildman–Crippen MR) is 123 cm³/mol. The summed E-state index contributed by atoms with van der Waals surface area (Å²) in [6.07, 6.45) is 5.10. The van der Waals surface area contributed by atoms with Gasteiger partial charge in [-0.3, -0.25) is 9.36 Å². The van der Waals surface area contributed by atoms with E-state index in [0.717, 1.165) is 37.6 Å². The standard InChI is InChI=1S/C22H25ClFN5O2S/c1-27(14-17-18(23)8-5-9-19(17)24)20(30)15-32-22-26-25-21(28-10-3-2-4-11-28)29(22)13-16-7-6-12-31-16/h5-9,12H,2-4,10-11,13-15H2,1H3. The van der Waals surface area contributed by atoms with Crippen LogP contribution in [0.15, 0.2) is 46.2 Å². The van der Waals surface area contributed by atoms with Crippen LogP contribution in [-0.2, 0) is 17.9 Å². The van der Waals surface area contributed by atoms with Gasteiger partial charge >= 0.3 is 0 Å². The number of amides is 1. The van der Waals surface area contributed by atoms with Crippen LogP contribution >= 0.6 is 23.4 Å². The SMILES string of the molecule is CN(Cc1c(F)cccc1Cl)C(=O)CSc1nnc(N2CCCCC2)n1Cc1ccco1. The van der Waals surface area contributed by atoms with Gasteiger partial charge in [-0.15, -0.1) is 10.2 Å². The summed E-state index contributed by atoms with van der Waals surface area (Å²) in [6.45, 7) is 2.46. The normalized spacial score (nSPS) is 14.0. The highest BCUT2D eigenvalue weighted by Crippen LogP contribution is 2.26. The number of furan rings is 1. The van der Waals surface area contributed by atoms with E-state index in [1.165, 1.54) is 29.1 Å². The summed E-state index contributed by atoms with van der Waals surface area (Å²) >= 11 is 7.41. The molecule has 1 amide bonds. The fourth-order valence-corrected chi connectivity index (χ4v) is 4.75. The van der Waals surface area contributed by atoms with Crippen LogP contribution in [0, 0.1) is 5.82 Å². The van der Waals surface area contributed by atoms with E-state index in [1.54, 1.807) is 25.4 Å². The highest BCUT2D eigenvalue weighted by molar-refractivity contribution is 7.99. The average molecular weight is 478 g/mol. The molecule has 32 heavy (non-hydrogen) atoms. The quantitative estimate of drug-likeness (QED) is 0.446. The molecule has 7 nitrogen and oxygen atoms in total. The van der Waals surface area contributed by atoms with Crippen LogP contribution in [0.2, 0.25) is 5.02 Å². The summed E-state index contributed by atoms with van der Waals surface area (Å²) in [4.78, 5) is 16.4. The molecule has 0 N–H and O–H groups in total. The number of carbonyl (C=O) groups is 1. The minimum Gasteiger partial charge on any atom is -0.467 e. The zero-order chi connectivity index (χ0) is 22.5. The van der Waals surface area contributed by atoms with Gasteiger partial charge in [0.25, 0.3) is 0 Å². The molecule has 0 saturated carbocycles. The topological polar surface area (TPSA) is 67.4 Å². The molecule has 2 aromatic heterocycles. The summed E-state index contributed by atoms with van der Waals surface area (Å²) in [6, 6.07) is 8.26. The third kappa shape index (κ3) is 5.27. The number of rotatable bonds is 8. The van der Waals surface area contributed by atoms with Gasteiger partial charge in [-0.25, -0.2) is 4.39 Å². The van der Waals surface area contributed by atoms with Gasteiger partial charge in [-0.05, 0) is 43.5 Å². The van der Waals surface area contributed by atoms with Crippen molar-refractivity contribution in [2.45, 2.75) is 37.5 Å². The molecule has 0 bridgehead atoms. The van der Waals surface area contributed by atoms with Crippen molar-refractivity contribution in [1.82, 2.24) is 19.7 Å². The molecule has 10 heteroatoms. The van der Waals surface area contributed by atoms with Crippen LogP contribution in [0.25, 0.3) is 0 Å². The maximum atomic E-state index is 14.1. The van der Waals surface area contributed by atoms with Crippen LogP contribution in [0.1, 0.15) is 30.6 Å². The molecule has 0 radical (unpaired) electrons. The van der Waals surface area contributed by atoms with Gasteiger partial charge in [0.2, 0.25) is 11.9 Å². The van der Waals surface area contributed by atoms with Crippen LogP contribution in [0.3, 0.4) is 0 Å². The molecule has 1 fully saturated rings. The fourth-order valence-electron chi connectivity index (χ4n) is 3.66. The lowest BCUT2D eigenvalue weighted by Gasteiger charge is -2.27. The Balaban J connectivity index is 1.46. The van der Waals surface area contributed by atoms with E-state index < -0.39 is 5.82 Å². The van der Waals surface area contributed by atoms with Crippen molar-refractivity contribution in [3.05, 3.63) is 58.8 Å². The molecule has 1 saturated heterocycles. The van der Waals surface area contributed by atoms with E-state index in [1.807, 2.05) is 16.7 Å². The Hall–Kier alpha value is -2.52. The molecular weight excluding hydrogens is 453 g/mol. The first-order chi connectivity index (χ1) is 15.5. The number of halogens is 2. The Morgan fingerprint density at radius 1 is 1.22 bits per heavy atom. The molecule has 0 aliphatic carbocycles. The van der Waals surface area contributed by atoms with Crippen molar-refractivity contribution < 1.29 is 13.6 Å². The molecule has 1 aromatic carbocycles. The first-order valence-electron chi connectivity index (χ1n) is 10.5. The highest BCUT2D eigenvalue weighted by atomic mass is 35.5. The molecule has 0 atom stereocenters. The lowest BCUT2D eigenvalue weighted by Crippen LogP contribution is -2.32. The second kappa shape index (κ2) is 10.4. The second-order valence-corrected chi connectivity index (χ2v) is 9.08. The molecule has 3 aromatic rings. The van der Waals surface area contributed by atoms with E-state index in [2.05, 4.69) is 15.1 Å². The Morgan fingerprint density at radius 2 is 2.03 bits per heavy atom. The number of thioether (sulfide) groups is 1. The summed E-state index contributed by atoms with van der Waals surface area (Å²) in [5, 5.41) is 9.73. The van der Waals surface area contributed by atoms with Crippen LogP contribution in [0.5, 0.6) is 0 Å². The van der Waals surface area contributed by atoms with E-state index >= 15 is 0 Å². The van der Waals surface area contributed by atoms with Crippen LogP contribution in [-0.4, -0.2) is 51.5 Å². The summed E-state index contributed by atoms with van der Waals surface area (Å²) in [5.41, 5.74) is 0.309. The van der Waals surface area contributed by atoms with E-state index in [0.29, 0.717) is 22.3 Å². The third-order valence-electron chi connectivity index (χ3n) is 5.44. The zero-order valence-corrected chi connectivity index (χ0v) is 19.4. The monoisotopic (exact) mass is 477 g/mol. The van der Waals surface area contributed by atoms with Gasteiger partial charge in [0.1, 0.15) is 11.6 Å². The Bertz CT molecular complexity index is 1030. The number of nitrogens with zero attached hydrogens (tertiary/aromatic N) is 5. The van der Waals surface area contributed by atoms with Crippen molar-refractivity contribution in [1.29, 1.82) is 0 Å². The number of anilines is 1. The molecule has 170 valence electrons. The first-order valence-corrected chi connectivity index (χ1v) is 11.9. The van der Waals surface area contributed by atoms with Crippen molar-refractivity contribution in [3.63, 3.8) is 0 Å². The summed E-state index contributed by atoms with van der Waals surface area (Å²) in [5.74, 6) is 1.17. The lowest BCUT2D eigenvalue weighted by molar-refractivity contribution is -0.127. The maximum absolute atomic E-state index is 14.1. The van der Waals surface area contributed by atoms with Crippen LogP contribution < -0.4 is 4.90 Å². The summed E-state index contributed by atoms with van der Waals surface area (Å²) < 4.78 is 21.6. The second-order valence-electron chi connectivity index (χ2n) is 7.73. The van der Waals surface area contributed by atoms with Gasteiger partial charge < -0.3 is 14.2 Å². The molecule has 1 aliphatic heterocycles. The number of piperidine rings is 1. The van der Waals surface area contributed by atoms with Crippen molar-refractivity contribution in [2.24, 2.45) is 0 Å². The van der Waals surface area contributed by atoms with Gasteiger partial charge in [0.05, 0.1) is 18.6 Å². The first kappa shape index (κ1) is 22.7. The van der Waals surface area contributed by atoms with Gasteiger partial charge in [-0.1, -0.05) is 29.4 Å². The Morgan fingerprint density at radius 3 is 2.75 bits per heavy atom. The predicted octanol–water partition coefficient (Wildman–Crippen LogP) is 4.45. The molecule has 3 heterocycles. The number of hydrogen-bond acceptors (Lipinski definition) is 6. The minimum absolute atomic E-state index is 0.100.